The van der Waals surface area contributed by atoms with Gasteiger partial charge in [-0.05, 0) is 35.9 Å². The molecule has 0 aliphatic heterocycles. The molecule has 1 aromatic heterocycles. The number of carbonyl (C=O) groups is 2. The van der Waals surface area contributed by atoms with Crippen LogP contribution in [0, 0.1) is 0 Å². The van der Waals surface area contributed by atoms with Crippen LogP contribution < -0.4 is 14.8 Å². The van der Waals surface area contributed by atoms with Crippen molar-refractivity contribution in [2.24, 2.45) is 0 Å². The van der Waals surface area contributed by atoms with E-state index in [4.69, 9.17) is 25.8 Å². The van der Waals surface area contributed by atoms with Gasteiger partial charge in [-0.15, -0.1) is 11.3 Å². The molecule has 0 unspecified atom stereocenters. The second-order valence-electron chi connectivity index (χ2n) is 5.81. The number of methoxy groups -OCH3 is 2. The van der Waals surface area contributed by atoms with E-state index in [1.54, 1.807) is 44.6 Å². The molecule has 1 amide bonds. The molecule has 0 saturated carbocycles. The first-order valence-electron chi connectivity index (χ1n) is 8.34. The average molecular weight is 420 g/mol. The van der Waals surface area contributed by atoms with Gasteiger partial charge in [-0.1, -0.05) is 23.7 Å². The molecule has 0 bridgehead atoms. The third kappa shape index (κ3) is 4.55. The molecule has 3 rings (SSSR count). The number of nitrogens with one attached hydrogen (secondary N) is 1. The largest absolute Gasteiger partial charge is 0.497 e. The zero-order valence-corrected chi connectivity index (χ0v) is 16.9. The number of amides is 1. The van der Waals surface area contributed by atoms with Crippen molar-refractivity contribution in [1.82, 2.24) is 5.32 Å². The number of fused-ring (bicyclic) bond motifs is 1. The van der Waals surface area contributed by atoms with Crippen molar-refractivity contribution in [2.75, 3.05) is 20.8 Å². The zero-order valence-electron chi connectivity index (χ0n) is 15.3. The van der Waals surface area contributed by atoms with Crippen molar-refractivity contribution >= 4 is 44.9 Å². The maximum atomic E-state index is 12.3. The first-order valence-corrected chi connectivity index (χ1v) is 9.54. The summed E-state index contributed by atoms with van der Waals surface area (Å²) in [4.78, 5) is 24.5. The van der Waals surface area contributed by atoms with Crippen molar-refractivity contribution in [2.45, 2.75) is 6.54 Å². The van der Waals surface area contributed by atoms with E-state index >= 15 is 0 Å². The van der Waals surface area contributed by atoms with Crippen LogP contribution in [0.15, 0.2) is 42.5 Å². The first kappa shape index (κ1) is 20.0. The van der Waals surface area contributed by atoms with Gasteiger partial charge < -0.3 is 19.5 Å². The highest BCUT2D eigenvalue weighted by Crippen LogP contribution is 2.37. The summed E-state index contributed by atoms with van der Waals surface area (Å²) in [5.41, 5.74) is 0.905. The van der Waals surface area contributed by atoms with Crippen molar-refractivity contribution in [3.05, 3.63) is 57.9 Å². The van der Waals surface area contributed by atoms with Crippen LogP contribution in [0.3, 0.4) is 0 Å². The third-order valence-electron chi connectivity index (χ3n) is 4.01. The summed E-state index contributed by atoms with van der Waals surface area (Å²) in [5, 5.41) is 3.75. The lowest BCUT2D eigenvalue weighted by Crippen LogP contribution is -2.28. The fourth-order valence-corrected chi connectivity index (χ4v) is 3.93. The highest BCUT2D eigenvalue weighted by atomic mass is 35.5. The fraction of sp³-hybridized carbons (Fsp3) is 0.200. The predicted octanol–water partition coefficient (Wildman–Crippen LogP) is 4.05. The van der Waals surface area contributed by atoms with E-state index in [1.807, 2.05) is 12.1 Å². The number of halogens is 1. The lowest BCUT2D eigenvalue weighted by Gasteiger charge is -2.07. The van der Waals surface area contributed by atoms with Gasteiger partial charge in [-0.25, -0.2) is 4.79 Å². The van der Waals surface area contributed by atoms with Gasteiger partial charge in [0.05, 0.1) is 19.2 Å². The van der Waals surface area contributed by atoms with Gasteiger partial charge in [0, 0.05) is 16.6 Å². The zero-order chi connectivity index (χ0) is 20.1. The molecule has 146 valence electrons. The van der Waals surface area contributed by atoms with Gasteiger partial charge in [-0.2, -0.15) is 0 Å². The van der Waals surface area contributed by atoms with Crippen LogP contribution in [0.5, 0.6) is 11.5 Å². The predicted molar refractivity (Wildman–Crippen MR) is 109 cm³/mol. The maximum absolute atomic E-state index is 12.3. The molecule has 8 heteroatoms. The second-order valence-corrected chi connectivity index (χ2v) is 7.24. The second kappa shape index (κ2) is 8.95. The number of carbonyl (C=O) groups excluding carboxylic acids is 2. The van der Waals surface area contributed by atoms with E-state index < -0.39 is 11.9 Å². The molecule has 6 nitrogen and oxygen atoms in total. The molecule has 2 aromatic carbocycles. The van der Waals surface area contributed by atoms with Gasteiger partial charge in [0.15, 0.2) is 6.61 Å². The Morgan fingerprint density at radius 1 is 1.04 bits per heavy atom. The molecule has 1 N–H and O–H groups in total. The number of hydrogen-bond acceptors (Lipinski definition) is 6. The number of hydrogen-bond donors (Lipinski definition) is 1. The minimum absolute atomic E-state index is 0.257. The molecule has 0 aliphatic carbocycles. The monoisotopic (exact) mass is 419 g/mol. The summed E-state index contributed by atoms with van der Waals surface area (Å²) in [7, 11) is 3.15. The Bertz CT molecular complexity index is 1000. The number of benzene rings is 2. The minimum Gasteiger partial charge on any atom is -0.497 e. The van der Waals surface area contributed by atoms with Crippen LogP contribution in [-0.2, 0) is 16.1 Å². The molecular formula is C20H18ClNO5S. The molecular weight excluding hydrogens is 402 g/mol. The van der Waals surface area contributed by atoms with Crippen LogP contribution in [-0.4, -0.2) is 32.7 Å². The number of thiophene rings is 1. The van der Waals surface area contributed by atoms with Gasteiger partial charge >= 0.3 is 5.97 Å². The molecule has 0 spiro atoms. The normalized spacial score (nSPS) is 10.5. The SMILES string of the molecule is COc1ccc(CNC(=O)COC(=O)c2sc3cc(OC)ccc3c2Cl)cc1. The molecule has 3 aromatic rings. The Morgan fingerprint density at radius 3 is 2.39 bits per heavy atom. The topological polar surface area (TPSA) is 73.9 Å². The summed E-state index contributed by atoms with van der Waals surface area (Å²) in [6.07, 6.45) is 0. The molecule has 0 radical (unpaired) electrons. The van der Waals surface area contributed by atoms with Crippen LogP contribution in [0.1, 0.15) is 15.2 Å². The molecule has 0 aliphatic rings. The highest BCUT2D eigenvalue weighted by molar-refractivity contribution is 7.21. The number of ether oxygens (including phenoxy) is 3. The van der Waals surface area contributed by atoms with Crippen LogP contribution >= 0.6 is 22.9 Å². The Morgan fingerprint density at radius 2 is 1.71 bits per heavy atom. The van der Waals surface area contributed by atoms with E-state index in [0.29, 0.717) is 17.3 Å². The Kier molecular flexibility index (Phi) is 6.38. The molecule has 0 atom stereocenters. The van der Waals surface area contributed by atoms with Gasteiger partial charge in [0.25, 0.3) is 5.91 Å². The van der Waals surface area contributed by atoms with E-state index in [9.17, 15) is 9.59 Å². The summed E-state index contributed by atoms with van der Waals surface area (Å²) < 4.78 is 16.2. The van der Waals surface area contributed by atoms with Crippen LogP contribution in [0.2, 0.25) is 5.02 Å². The molecule has 0 fully saturated rings. The number of rotatable bonds is 7. The van der Waals surface area contributed by atoms with E-state index in [-0.39, 0.29) is 11.5 Å². The highest BCUT2D eigenvalue weighted by Gasteiger charge is 2.19. The molecule has 1 heterocycles. The maximum Gasteiger partial charge on any atom is 0.350 e. The summed E-state index contributed by atoms with van der Waals surface area (Å²) in [6, 6.07) is 12.6. The summed E-state index contributed by atoms with van der Waals surface area (Å²) >= 11 is 7.48. The summed E-state index contributed by atoms with van der Waals surface area (Å²) in [6.45, 7) is -0.0628. The molecule has 0 saturated heterocycles. The van der Waals surface area contributed by atoms with Gasteiger partial charge in [0.1, 0.15) is 16.4 Å². The van der Waals surface area contributed by atoms with Crippen molar-refractivity contribution in [3.8, 4) is 11.5 Å². The van der Waals surface area contributed by atoms with Crippen LogP contribution in [0.4, 0.5) is 0 Å². The lowest BCUT2D eigenvalue weighted by atomic mass is 10.2. The van der Waals surface area contributed by atoms with Crippen LogP contribution in [0.25, 0.3) is 10.1 Å². The smallest absolute Gasteiger partial charge is 0.350 e. The Balaban J connectivity index is 1.56. The van der Waals surface area contributed by atoms with Crippen molar-refractivity contribution < 1.29 is 23.8 Å². The van der Waals surface area contributed by atoms with Gasteiger partial charge in [0.2, 0.25) is 0 Å². The molecule has 28 heavy (non-hydrogen) atoms. The van der Waals surface area contributed by atoms with Crippen molar-refractivity contribution in [3.63, 3.8) is 0 Å². The van der Waals surface area contributed by atoms with E-state index in [1.165, 1.54) is 11.3 Å². The van der Waals surface area contributed by atoms with E-state index in [0.717, 1.165) is 21.4 Å². The van der Waals surface area contributed by atoms with Crippen molar-refractivity contribution in [1.29, 1.82) is 0 Å². The standard InChI is InChI=1S/C20H18ClNO5S/c1-25-13-5-3-12(4-6-13)10-22-17(23)11-27-20(24)19-18(21)15-8-7-14(26-2)9-16(15)28-19/h3-9H,10-11H2,1-2H3,(H,22,23). The quantitative estimate of drug-likeness (QED) is 0.585. The Hall–Kier alpha value is -2.77. The minimum atomic E-state index is -0.634. The lowest BCUT2D eigenvalue weighted by molar-refractivity contribution is -0.124. The Labute approximate surface area is 171 Å². The average Bonchev–Trinajstić information content (AvgIpc) is 3.06. The first-order chi connectivity index (χ1) is 13.5. The van der Waals surface area contributed by atoms with E-state index in [2.05, 4.69) is 5.32 Å². The number of esters is 1. The summed E-state index contributed by atoms with van der Waals surface area (Å²) in [5.74, 6) is 0.373. The van der Waals surface area contributed by atoms with Gasteiger partial charge in [-0.3, -0.25) is 4.79 Å². The third-order valence-corrected chi connectivity index (χ3v) is 5.64. The fourth-order valence-electron chi connectivity index (χ4n) is 2.50.